The van der Waals surface area contributed by atoms with E-state index in [-0.39, 0.29) is 0 Å². The molecule has 0 amide bonds. The zero-order valence-electron chi connectivity index (χ0n) is 13.4. The smallest absolute Gasteiger partial charge is 0.213 e. The van der Waals surface area contributed by atoms with E-state index in [0.29, 0.717) is 29.0 Å². The molecule has 0 radical (unpaired) electrons. The second kappa shape index (κ2) is 6.80. The van der Waals surface area contributed by atoms with Gasteiger partial charge in [0.2, 0.25) is 11.7 Å². The van der Waals surface area contributed by atoms with Crippen molar-refractivity contribution >= 4 is 11.6 Å². The van der Waals surface area contributed by atoms with E-state index < -0.39 is 0 Å². The highest BCUT2D eigenvalue weighted by molar-refractivity contribution is 6.29. The summed E-state index contributed by atoms with van der Waals surface area (Å²) in [7, 11) is 1.58. The first-order chi connectivity index (χ1) is 11.6. The molecule has 7 heteroatoms. The minimum absolute atomic E-state index is 0.399. The molecule has 0 spiro atoms. The fraction of sp³-hybridized carbons (Fsp3) is 0.176. The molecule has 0 N–H and O–H groups in total. The fourth-order valence-corrected chi connectivity index (χ4v) is 2.36. The van der Waals surface area contributed by atoms with Gasteiger partial charge < -0.3 is 4.74 Å². The first kappa shape index (κ1) is 16.1. The Morgan fingerprint density at radius 1 is 1.25 bits per heavy atom. The van der Waals surface area contributed by atoms with Crippen LogP contribution in [0.15, 0.2) is 48.7 Å². The Morgan fingerprint density at radius 2 is 2.08 bits per heavy atom. The third kappa shape index (κ3) is 3.44. The molecule has 3 rings (SSSR count). The second-order valence-corrected chi connectivity index (χ2v) is 5.69. The molecule has 0 aliphatic carbocycles. The van der Waals surface area contributed by atoms with Gasteiger partial charge in [-0.15, -0.1) is 5.10 Å². The molecule has 122 valence electrons. The highest BCUT2D eigenvalue weighted by Gasteiger charge is 2.15. The maximum atomic E-state index is 5.96. The number of aromatic nitrogens is 5. The van der Waals surface area contributed by atoms with Gasteiger partial charge >= 0.3 is 0 Å². The van der Waals surface area contributed by atoms with Crippen molar-refractivity contribution in [2.75, 3.05) is 7.11 Å². The predicted octanol–water partition coefficient (Wildman–Crippen LogP) is 3.50. The number of ether oxygens (including phenoxy) is 1. The van der Waals surface area contributed by atoms with Gasteiger partial charge in [0.25, 0.3) is 0 Å². The molecule has 24 heavy (non-hydrogen) atoms. The summed E-state index contributed by atoms with van der Waals surface area (Å²) in [4.78, 5) is 13.1. The number of allylic oxidation sites excluding steroid dienone is 1. The van der Waals surface area contributed by atoms with Crippen LogP contribution in [0.2, 0.25) is 5.15 Å². The summed E-state index contributed by atoms with van der Waals surface area (Å²) in [5.41, 5.74) is 2.38. The van der Waals surface area contributed by atoms with E-state index in [0.717, 1.165) is 17.1 Å². The van der Waals surface area contributed by atoms with E-state index in [9.17, 15) is 0 Å². The molecule has 3 heterocycles. The minimum atomic E-state index is 0.399. The van der Waals surface area contributed by atoms with E-state index in [1.165, 1.54) is 0 Å². The summed E-state index contributed by atoms with van der Waals surface area (Å²) in [6.07, 6.45) is 2.28. The summed E-state index contributed by atoms with van der Waals surface area (Å²) in [6.45, 7) is 5.90. The molecule has 3 aromatic heterocycles. The van der Waals surface area contributed by atoms with Crippen molar-refractivity contribution in [2.24, 2.45) is 0 Å². The van der Waals surface area contributed by atoms with Crippen LogP contribution in [0.5, 0.6) is 5.88 Å². The van der Waals surface area contributed by atoms with Gasteiger partial charge in [0, 0.05) is 12.5 Å². The van der Waals surface area contributed by atoms with E-state index in [4.69, 9.17) is 16.3 Å². The van der Waals surface area contributed by atoms with Gasteiger partial charge in [-0.05, 0) is 25.1 Å². The highest BCUT2D eigenvalue weighted by atomic mass is 35.5. The van der Waals surface area contributed by atoms with E-state index in [2.05, 4.69) is 26.6 Å². The van der Waals surface area contributed by atoms with Gasteiger partial charge in [-0.1, -0.05) is 29.8 Å². The predicted molar refractivity (Wildman–Crippen MR) is 92.5 cm³/mol. The van der Waals surface area contributed by atoms with Gasteiger partial charge in [0.1, 0.15) is 16.7 Å². The number of pyridine rings is 2. The molecule has 0 aliphatic heterocycles. The van der Waals surface area contributed by atoms with Gasteiger partial charge in [-0.25, -0.2) is 19.6 Å². The first-order valence-corrected chi connectivity index (χ1v) is 7.68. The molecule has 0 saturated heterocycles. The Kier molecular flexibility index (Phi) is 4.57. The first-order valence-electron chi connectivity index (χ1n) is 7.30. The molecule has 0 saturated carbocycles. The third-order valence-corrected chi connectivity index (χ3v) is 3.46. The highest BCUT2D eigenvalue weighted by Crippen LogP contribution is 2.20. The number of hydrogen-bond acceptors (Lipinski definition) is 5. The average Bonchev–Trinajstić information content (AvgIpc) is 2.98. The fourth-order valence-electron chi connectivity index (χ4n) is 2.20. The molecule has 6 nitrogen and oxygen atoms in total. The number of nitrogens with zero attached hydrogens (tertiary/aromatic N) is 5. The van der Waals surface area contributed by atoms with Crippen LogP contribution in [-0.2, 0) is 6.42 Å². The quantitative estimate of drug-likeness (QED) is 0.525. The van der Waals surface area contributed by atoms with Crippen LogP contribution in [0.4, 0.5) is 0 Å². The lowest BCUT2D eigenvalue weighted by Crippen LogP contribution is -2.04. The molecule has 0 bridgehead atoms. The summed E-state index contributed by atoms with van der Waals surface area (Å²) in [5.74, 6) is 1.80. The molecular formula is C17H16ClN5O. The number of hydrogen-bond donors (Lipinski definition) is 0. The Balaban J connectivity index is 2.07. The van der Waals surface area contributed by atoms with Gasteiger partial charge in [0.15, 0.2) is 0 Å². The lowest BCUT2D eigenvalue weighted by atomic mass is 10.2. The van der Waals surface area contributed by atoms with Crippen molar-refractivity contribution in [1.29, 1.82) is 0 Å². The van der Waals surface area contributed by atoms with Crippen LogP contribution < -0.4 is 4.74 Å². The SMILES string of the molecule is C=C(C)Cc1nc(-c2cccc(Cl)n2)nn1-c1ccc(OC)nc1. The Labute approximate surface area is 144 Å². The Bertz CT molecular complexity index is 873. The lowest BCUT2D eigenvalue weighted by Gasteiger charge is -2.06. The largest absolute Gasteiger partial charge is 0.481 e. The summed E-state index contributed by atoms with van der Waals surface area (Å²) < 4.78 is 6.83. The van der Waals surface area contributed by atoms with Crippen LogP contribution in [0.3, 0.4) is 0 Å². The molecule has 0 atom stereocenters. The maximum absolute atomic E-state index is 5.96. The van der Waals surface area contributed by atoms with E-state index in [1.807, 2.05) is 25.1 Å². The third-order valence-electron chi connectivity index (χ3n) is 3.25. The average molecular weight is 342 g/mol. The summed E-state index contributed by atoms with van der Waals surface area (Å²) in [5, 5.41) is 4.96. The van der Waals surface area contributed by atoms with Crippen molar-refractivity contribution in [1.82, 2.24) is 24.7 Å². The van der Waals surface area contributed by atoms with Crippen molar-refractivity contribution in [3.8, 4) is 23.1 Å². The maximum Gasteiger partial charge on any atom is 0.213 e. The van der Waals surface area contributed by atoms with Crippen molar-refractivity contribution in [3.63, 3.8) is 0 Å². The van der Waals surface area contributed by atoms with Crippen molar-refractivity contribution < 1.29 is 4.74 Å². The molecule has 3 aromatic rings. The van der Waals surface area contributed by atoms with Gasteiger partial charge in [-0.2, -0.15) is 0 Å². The van der Waals surface area contributed by atoms with Crippen LogP contribution in [0.1, 0.15) is 12.7 Å². The van der Waals surface area contributed by atoms with Gasteiger partial charge in [-0.3, -0.25) is 0 Å². The summed E-state index contributed by atoms with van der Waals surface area (Å²) >= 11 is 5.96. The van der Waals surface area contributed by atoms with Crippen LogP contribution in [-0.4, -0.2) is 31.8 Å². The normalized spacial score (nSPS) is 10.6. The zero-order chi connectivity index (χ0) is 17.1. The second-order valence-electron chi connectivity index (χ2n) is 5.30. The van der Waals surface area contributed by atoms with E-state index in [1.54, 1.807) is 30.1 Å². The van der Waals surface area contributed by atoms with Crippen LogP contribution >= 0.6 is 11.6 Å². The molecular weight excluding hydrogens is 326 g/mol. The minimum Gasteiger partial charge on any atom is -0.481 e. The standard InChI is InChI=1S/C17H16ClN5O/c1-11(2)9-15-21-17(13-5-4-6-14(18)20-13)22-23(15)12-7-8-16(24-3)19-10-12/h4-8,10H,1,9H2,2-3H3. The molecule has 0 aromatic carbocycles. The van der Waals surface area contributed by atoms with E-state index >= 15 is 0 Å². The van der Waals surface area contributed by atoms with Crippen molar-refractivity contribution in [3.05, 3.63) is 59.7 Å². The number of halogens is 1. The van der Waals surface area contributed by atoms with Gasteiger partial charge in [0.05, 0.1) is 19.0 Å². The number of rotatable bonds is 5. The Hall–Kier alpha value is -2.73. The van der Waals surface area contributed by atoms with Crippen LogP contribution in [0, 0.1) is 0 Å². The zero-order valence-corrected chi connectivity index (χ0v) is 14.2. The lowest BCUT2D eigenvalue weighted by molar-refractivity contribution is 0.397. The summed E-state index contributed by atoms with van der Waals surface area (Å²) in [6, 6.07) is 9.00. The van der Waals surface area contributed by atoms with Crippen LogP contribution in [0.25, 0.3) is 17.2 Å². The molecule has 0 fully saturated rings. The molecule has 0 aliphatic rings. The van der Waals surface area contributed by atoms with Crippen molar-refractivity contribution in [2.45, 2.75) is 13.3 Å². The number of methoxy groups -OCH3 is 1. The molecule has 0 unspecified atom stereocenters. The monoisotopic (exact) mass is 341 g/mol. The Morgan fingerprint density at radius 3 is 2.71 bits per heavy atom. The topological polar surface area (TPSA) is 65.7 Å².